The maximum atomic E-state index is 13.0. The van der Waals surface area contributed by atoms with Crippen molar-refractivity contribution in [3.63, 3.8) is 0 Å². The summed E-state index contributed by atoms with van der Waals surface area (Å²) in [6.07, 6.45) is 3.42. The van der Waals surface area contributed by atoms with Gasteiger partial charge in [0.25, 0.3) is 0 Å². The van der Waals surface area contributed by atoms with Crippen LogP contribution in [0.1, 0.15) is 39.2 Å². The van der Waals surface area contributed by atoms with Crippen molar-refractivity contribution in [1.29, 1.82) is 0 Å². The van der Waals surface area contributed by atoms with Crippen molar-refractivity contribution in [3.8, 4) is 0 Å². The van der Waals surface area contributed by atoms with Crippen LogP contribution in [0.15, 0.2) is 47.4 Å². The number of hydrogen-bond donors (Lipinski definition) is 3. The molecule has 150 valence electrons. The minimum atomic E-state index is -0.154. The van der Waals surface area contributed by atoms with Gasteiger partial charge in [0, 0.05) is 22.8 Å². The Morgan fingerprint density at radius 1 is 1.21 bits per heavy atom. The molecule has 2 aromatic rings. The van der Waals surface area contributed by atoms with Gasteiger partial charge in [0.05, 0.1) is 11.2 Å². The Kier molecular flexibility index (Phi) is 8.80. The summed E-state index contributed by atoms with van der Waals surface area (Å²) in [5.41, 5.74) is 5.14. The third-order valence-electron chi connectivity index (χ3n) is 4.32. The molecule has 0 aromatic heterocycles. The molecule has 0 fully saturated rings. The first-order chi connectivity index (χ1) is 13.4. The Balaban J connectivity index is 2.17. The number of benzene rings is 2. The summed E-state index contributed by atoms with van der Waals surface area (Å²) in [6.45, 7) is 6.97. The zero-order chi connectivity index (χ0) is 20.5. The number of thiol groups is 1. The standard InChI is InChI=1S/C22H29N3OS2/c1-4-5-6-17-7-9-18(10-8-17)24-22(26)25(14-16(2)3)19-11-12-20(23-15-27)21(28)13-19/h7-13,15-16,28H,4-6,14H2,1-3H3,(H,23,27)(H,24,26). The Morgan fingerprint density at radius 3 is 2.50 bits per heavy atom. The molecule has 28 heavy (non-hydrogen) atoms. The van der Waals surface area contributed by atoms with Gasteiger partial charge in [-0.2, -0.15) is 0 Å². The smallest absolute Gasteiger partial charge is 0.326 e. The van der Waals surface area contributed by atoms with Crippen LogP contribution in [0, 0.1) is 5.92 Å². The van der Waals surface area contributed by atoms with E-state index in [1.165, 1.54) is 23.9 Å². The monoisotopic (exact) mass is 415 g/mol. The van der Waals surface area contributed by atoms with E-state index >= 15 is 0 Å². The SMILES string of the molecule is CCCCc1ccc(NC(=O)N(CC(C)C)c2ccc(NC=S)c(S)c2)cc1. The number of nitrogens with zero attached hydrogens (tertiary/aromatic N) is 1. The molecule has 0 bridgehead atoms. The molecule has 6 heteroatoms. The van der Waals surface area contributed by atoms with Crippen LogP contribution in [0.3, 0.4) is 0 Å². The highest BCUT2D eigenvalue weighted by Gasteiger charge is 2.18. The van der Waals surface area contributed by atoms with E-state index in [1.54, 1.807) is 4.90 Å². The molecule has 0 saturated heterocycles. The van der Waals surface area contributed by atoms with Gasteiger partial charge in [0.15, 0.2) is 0 Å². The first-order valence-corrected chi connectivity index (χ1v) is 10.6. The number of anilines is 3. The van der Waals surface area contributed by atoms with Crippen LogP contribution >= 0.6 is 24.8 Å². The first kappa shape index (κ1) is 22.2. The zero-order valence-corrected chi connectivity index (χ0v) is 18.4. The van der Waals surface area contributed by atoms with Gasteiger partial charge in [-0.1, -0.05) is 51.5 Å². The second-order valence-corrected chi connectivity index (χ2v) is 7.92. The predicted octanol–water partition coefficient (Wildman–Crippen LogP) is 6.38. The largest absolute Gasteiger partial charge is 0.352 e. The molecule has 2 N–H and O–H groups in total. The van der Waals surface area contributed by atoms with Crippen LogP contribution in [0.25, 0.3) is 0 Å². The molecule has 4 nitrogen and oxygen atoms in total. The molecule has 2 amide bonds. The maximum absolute atomic E-state index is 13.0. The fourth-order valence-corrected chi connectivity index (χ4v) is 3.27. The number of thiocarbonyl (C=S) groups is 1. The van der Waals surface area contributed by atoms with Crippen molar-refractivity contribution < 1.29 is 4.79 Å². The highest BCUT2D eigenvalue weighted by molar-refractivity contribution is 7.80. The van der Waals surface area contributed by atoms with Crippen LogP contribution in [-0.2, 0) is 6.42 Å². The van der Waals surface area contributed by atoms with Gasteiger partial charge in [-0.05, 0) is 54.7 Å². The number of carbonyl (C=O) groups excluding carboxylic acids is 1. The van der Waals surface area contributed by atoms with Crippen LogP contribution < -0.4 is 15.5 Å². The minimum absolute atomic E-state index is 0.154. The topological polar surface area (TPSA) is 44.4 Å². The predicted molar refractivity (Wildman–Crippen MR) is 127 cm³/mol. The van der Waals surface area contributed by atoms with Gasteiger partial charge < -0.3 is 10.6 Å². The number of rotatable bonds is 9. The summed E-state index contributed by atoms with van der Waals surface area (Å²) in [7, 11) is 0. The number of nitrogens with one attached hydrogen (secondary N) is 2. The van der Waals surface area contributed by atoms with Gasteiger partial charge in [-0.25, -0.2) is 4.79 Å². The number of aryl methyl sites for hydroxylation is 1. The van der Waals surface area contributed by atoms with Gasteiger partial charge >= 0.3 is 6.03 Å². The highest BCUT2D eigenvalue weighted by atomic mass is 32.1. The highest BCUT2D eigenvalue weighted by Crippen LogP contribution is 2.27. The Labute approximate surface area is 179 Å². The maximum Gasteiger partial charge on any atom is 0.326 e. The van der Waals surface area contributed by atoms with Crippen molar-refractivity contribution in [1.82, 2.24) is 0 Å². The second-order valence-electron chi connectivity index (χ2n) is 7.20. The molecule has 0 unspecified atom stereocenters. The normalized spacial score (nSPS) is 10.6. The van der Waals surface area contributed by atoms with Gasteiger partial charge in [-0.3, -0.25) is 4.90 Å². The number of amides is 2. The number of hydrogen-bond acceptors (Lipinski definition) is 3. The third-order valence-corrected chi connectivity index (χ3v) is 4.81. The van der Waals surface area contributed by atoms with Gasteiger partial charge in [0.2, 0.25) is 0 Å². The lowest BCUT2D eigenvalue weighted by atomic mass is 10.1. The first-order valence-electron chi connectivity index (χ1n) is 9.65. The summed E-state index contributed by atoms with van der Waals surface area (Å²) in [5, 5.41) is 5.98. The van der Waals surface area contributed by atoms with E-state index in [9.17, 15) is 4.79 Å². The lowest BCUT2D eigenvalue weighted by Crippen LogP contribution is -2.37. The molecule has 0 heterocycles. The summed E-state index contributed by atoms with van der Waals surface area (Å²) >= 11 is 9.34. The van der Waals surface area contributed by atoms with Crippen molar-refractivity contribution in [2.24, 2.45) is 5.92 Å². The van der Waals surface area contributed by atoms with E-state index in [0.717, 1.165) is 28.4 Å². The number of carbonyl (C=O) groups is 1. The van der Waals surface area contributed by atoms with Crippen LogP contribution in [-0.4, -0.2) is 18.1 Å². The molecule has 2 aromatic carbocycles. The van der Waals surface area contributed by atoms with E-state index in [1.807, 2.05) is 30.3 Å². The summed E-state index contributed by atoms with van der Waals surface area (Å²) < 4.78 is 0. The average molecular weight is 416 g/mol. The van der Waals surface area contributed by atoms with Gasteiger partial charge in [0.1, 0.15) is 0 Å². The van der Waals surface area contributed by atoms with Gasteiger partial charge in [-0.15, -0.1) is 12.6 Å². The van der Waals surface area contributed by atoms with Crippen LogP contribution in [0.4, 0.5) is 21.9 Å². The van der Waals surface area contributed by atoms with E-state index in [0.29, 0.717) is 12.5 Å². The number of urea groups is 1. The quantitative estimate of drug-likeness (QED) is 0.329. The van der Waals surface area contributed by atoms with Crippen molar-refractivity contribution >= 4 is 53.4 Å². The molecular formula is C22H29N3OS2. The summed E-state index contributed by atoms with van der Waals surface area (Å²) in [6, 6.07) is 13.6. The van der Waals surface area contributed by atoms with Crippen molar-refractivity contribution in [3.05, 3.63) is 48.0 Å². The van der Waals surface area contributed by atoms with Crippen LogP contribution in [0.5, 0.6) is 0 Å². The second kappa shape index (κ2) is 11.1. The van der Waals surface area contributed by atoms with Crippen LogP contribution in [0.2, 0.25) is 0 Å². The molecule has 0 atom stereocenters. The molecular weight excluding hydrogens is 386 g/mol. The average Bonchev–Trinajstić information content (AvgIpc) is 2.67. The molecule has 0 radical (unpaired) electrons. The molecule has 2 rings (SSSR count). The number of unbranched alkanes of at least 4 members (excludes halogenated alkanes) is 1. The molecule has 0 aliphatic rings. The molecule has 0 spiro atoms. The minimum Gasteiger partial charge on any atom is -0.352 e. The Hall–Kier alpha value is -2.05. The lowest BCUT2D eigenvalue weighted by molar-refractivity contribution is 0.256. The molecule has 0 saturated carbocycles. The van der Waals surface area contributed by atoms with E-state index in [4.69, 9.17) is 12.2 Å². The fraction of sp³-hybridized carbons (Fsp3) is 0.364. The van der Waals surface area contributed by atoms with Crippen molar-refractivity contribution in [2.75, 3.05) is 22.1 Å². The van der Waals surface area contributed by atoms with Crippen molar-refractivity contribution in [2.45, 2.75) is 44.9 Å². The van der Waals surface area contributed by atoms with E-state index in [-0.39, 0.29) is 6.03 Å². The van der Waals surface area contributed by atoms with E-state index < -0.39 is 0 Å². The third kappa shape index (κ3) is 6.53. The molecule has 0 aliphatic carbocycles. The molecule has 0 aliphatic heterocycles. The lowest BCUT2D eigenvalue weighted by Gasteiger charge is -2.26. The Bertz CT molecular complexity index is 791. The van der Waals surface area contributed by atoms with E-state index in [2.05, 4.69) is 56.2 Å². The Morgan fingerprint density at radius 2 is 1.93 bits per heavy atom. The fourth-order valence-electron chi connectivity index (χ4n) is 2.87. The summed E-state index contributed by atoms with van der Waals surface area (Å²) in [4.78, 5) is 15.5. The zero-order valence-electron chi connectivity index (χ0n) is 16.7. The summed E-state index contributed by atoms with van der Waals surface area (Å²) in [5.74, 6) is 0.323.